The zero-order valence-corrected chi connectivity index (χ0v) is 21.1. The van der Waals surface area contributed by atoms with Gasteiger partial charge in [-0.1, -0.05) is 27.7 Å². The molecule has 0 radical (unpaired) electrons. The summed E-state index contributed by atoms with van der Waals surface area (Å²) < 4.78 is 24.5. The molecule has 0 N–H and O–H groups in total. The van der Waals surface area contributed by atoms with Crippen molar-refractivity contribution in [2.45, 2.75) is 117 Å². The first-order chi connectivity index (χ1) is 13.4. The topological polar surface area (TPSA) is 54.0 Å². The van der Waals surface area contributed by atoms with Crippen molar-refractivity contribution in [2.75, 3.05) is 6.61 Å². The van der Waals surface area contributed by atoms with E-state index in [0.717, 1.165) is 25.7 Å². The Kier molecular flexibility index (Phi) is 8.39. The van der Waals surface area contributed by atoms with Gasteiger partial charge in [0, 0.05) is 0 Å². The highest BCUT2D eigenvalue weighted by Crippen LogP contribution is 2.44. The lowest BCUT2D eigenvalue weighted by Crippen LogP contribution is -2.53. The van der Waals surface area contributed by atoms with Crippen molar-refractivity contribution in [1.29, 1.82) is 0 Å². The second-order valence-corrected chi connectivity index (χ2v) is 15.5. The Balaban J connectivity index is 1.89. The number of carbonyl (C=O) groups excluding carboxylic acids is 1. The SMILES string of the molecule is CCOC(=O)C1CC1CC[C@@H](C)O[C@@H]1O[C@@H](C)[C@H](C)C[C@H]1O[Si](C)(C)C(C)(C)C. The molecule has 2 rings (SSSR count). The fraction of sp³-hybridized carbons (Fsp3) is 0.957. The van der Waals surface area contributed by atoms with Crippen LogP contribution in [0.2, 0.25) is 18.1 Å². The van der Waals surface area contributed by atoms with E-state index < -0.39 is 8.32 Å². The van der Waals surface area contributed by atoms with Gasteiger partial charge < -0.3 is 18.6 Å². The third-order valence-corrected chi connectivity index (χ3v) is 11.6. The fourth-order valence-corrected chi connectivity index (χ4v) is 5.05. The zero-order chi connectivity index (χ0) is 22.0. The largest absolute Gasteiger partial charge is 0.466 e. The molecule has 0 aromatic carbocycles. The number of rotatable bonds is 9. The third-order valence-electron chi connectivity index (χ3n) is 7.13. The maximum Gasteiger partial charge on any atom is 0.309 e. The van der Waals surface area contributed by atoms with Gasteiger partial charge >= 0.3 is 5.97 Å². The van der Waals surface area contributed by atoms with Gasteiger partial charge in [-0.15, -0.1) is 0 Å². The molecule has 1 aliphatic carbocycles. The molecule has 0 amide bonds. The molecule has 170 valence electrons. The molecule has 6 heteroatoms. The molecular weight excluding hydrogens is 384 g/mol. The van der Waals surface area contributed by atoms with E-state index in [1.54, 1.807) is 0 Å². The van der Waals surface area contributed by atoms with Crippen LogP contribution in [0.25, 0.3) is 0 Å². The van der Waals surface area contributed by atoms with E-state index in [1.807, 2.05) is 6.92 Å². The Morgan fingerprint density at radius 3 is 2.45 bits per heavy atom. The Labute approximate surface area is 179 Å². The molecule has 2 aliphatic rings. The Bertz CT molecular complexity index is 544. The van der Waals surface area contributed by atoms with Crippen LogP contribution in [-0.4, -0.2) is 45.5 Å². The lowest BCUT2D eigenvalue weighted by Gasteiger charge is -2.45. The third kappa shape index (κ3) is 6.78. The summed E-state index contributed by atoms with van der Waals surface area (Å²) in [6.07, 6.45) is 3.77. The normalized spacial score (nSPS) is 34.0. The lowest BCUT2D eigenvalue weighted by atomic mass is 9.95. The van der Waals surface area contributed by atoms with Crippen molar-refractivity contribution in [2.24, 2.45) is 17.8 Å². The van der Waals surface area contributed by atoms with Crippen LogP contribution in [0.3, 0.4) is 0 Å². The first-order valence-electron chi connectivity index (χ1n) is 11.5. The van der Waals surface area contributed by atoms with E-state index in [9.17, 15) is 4.79 Å². The van der Waals surface area contributed by atoms with E-state index >= 15 is 0 Å². The average molecular weight is 429 g/mol. The van der Waals surface area contributed by atoms with Gasteiger partial charge in [0.05, 0.1) is 30.8 Å². The predicted molar refractivity (Wildman–Crippen MR) is 118 cm³/mol. The summed E-state index contributed by atoms with van der Waals surface area (Å²) in [6, 6.07) is 0. The summed E-state index contributed by atoms with van der Waals surface area (Å²) >= 11 is 0. The number of hydrogen-bond acceptors (Lipinski definition) is 5. The summed E-state index contributed by atoms with van der Waals surface area (Å²) in [4.78, 5) is 11.8. The van der Waals surface area contributed by atoms with Crippen molar-refractivity contribution in [1.82, 2.24) is 0 Å². The fourth-order valence-electron chi connectivity index (χ4n) is 3.73. The van der Waals surface area contributed by atoms with E-state index in [1.165, 1.54) is 0 Å². The molecule has 7 atom stereocenters. The van der Waals surface area contributed by atoms with Crippen molar-refractivity contribution in [3.63, 3.8) is 0 Å². The number of ether oxygens (including phenoxy) is 3. The van der Waals surface area contributed by atoms with Gasteiger partial charge in [0.25, 0.3) is 0 Å². The Hall–Kier alpha value is -0.433. The van der Waals surface area contributed by atoms with Gasteiger partial charge in [-0.05, 0) is 76.4 Å². The van der Waals surface area contributed by atoms with Crippen LogP contribution in [0, 0.1) is 17.8 Å². The van der Waals surface area contributed by atoms with Gasteiger partial charge in [-0.25, -0.2) is 0 Å². The molecule has 0 spiro atoms. The maximum absolute atomic E-state index is 11.8. The molecule has 1 aliphatic heterocycles. The summed E-state index contributed by atoms with van der Waals surface area (Å²) in [5.41, 5.74) is 0. The Morgan fingerprint density at radius 2 is 1.86 bits per heavy atom. The molecule has 1 heterocycles. The molecule has 2 unspecified atom stereocenters. The molecule has 0 bridgehead atoms. The van der Waals surface area contributed by atoms with E-state index in [0.29, 0.717) is 18.4 Å². The van der Waals surface area contributed by atoms with Crippen LogP contribution in [0.1, 0.15) is 74.1 Å². The van der Waals surface area contributed by atoms with Crippen LogP contribution in [-0.2, 0) is 23.4 Å². The molecule has 2 fully saturated rings. The van der Waals surface area contributed by atoms with Gasteiger partial charge in [-0.3, -0.25) is 4.79 Å². The maximum atomic E-state index is 11.8. The van der Waals surface area contributed by atoms with Crippen molar-refractivity contribution in [3.8, 4) is 0 Å². The molecule has 29 heavy (non-hydrogen) atoms. The summed E-state index contributed by atoms with van der Waals surface area (Å²) in [7, 11) is -1.90. The molecule has 0 aromatic heterocycles. The zero-order valence-electron chi connectivity index (χ0n) is 20.1. The minimum absolute atomic E-state index is 0.0160. The van der Waals surface area contributed by atoms with Gasteiger partial charge in [0.2, 0.25) is 0 Å². The van der Waals surface area contributed by atoms with Crippen LogP contribution in [0.4, 0.5) is 0 Å². The standard InChI is InChI=1S/C23H44O5Si/c1-10-25-21(24)19-14-18(19)12-11-16(3)26-22-20(13-15(2)17(4)27-22)28-29(8,9)23(5,6)7/h15-20,22H,10-14H2,1-9H3/t15-,16-,17+,18?,19?,20-,22-/m1/s1. The van der Waals surface area contributed by atoms with Crippen LogP contribution in [0.15, 0.2) is 0 Å². The number of esters is 1. The molecule has 1 saturated heterocycles. The second kappa shape index (κ2) is 9.80. The molecule has 5 nitrogen and oxygen atoms in total. The monoisotopic (exact) mass is 428 g/mol. The van der Waals surface area contributed by atoms with Crippen LogP contribution < -0.4 is 0 Å². The minimum Gasteiger partial charge on any atom is -0.466 e. The minimum atomic E-state index is -1.90. The molecular formula is C23H44O5Si. The van der Waals surface area contributed by atoms with E-state index in [-0.39, 0.29) is 41.5 Å². The highest BCUT2D eigenvalue weighted by atomic mass is 28.4. The summed E-state index contributed by atoms with van der Waals surface area (Å²) in [6.45, 7) is 20.2. The van der Waals surface area contributed by atoms with Crippen molar-refractivity contribution in [3.05, 3.63) is 0 Å². The quantitative estimate of drug-likeness (QED) is 0.357. The average Bonchev–Trinajstić information content (AvgIpc) is 3.36. The van der Waals surface area contributed by atoms with Gasteiger partial charge in [-0.2, -0.15) is 0 Å². The summed E-state index contributed by atoms with van der Waals surface area (Å²) in [5, 5.41) is 0.156. The van der Waals surface area contributed by atoms with E-state index in [2.05, 4.69) is 54.6 Å². The lowest BCUT2D eigenvalue weighted by molar-refractivity contribution is -0.260. The van der Waals surface area contributed by atoms with Crippen molar-refractivity contribution < 1.29 is 23.4 Å². The highest BCUT2D eigenvalue weighted by molar-refractivity contribution is 6.74. The van der Waals surface area contributed by atoms with Gasteiger partial charge in [0.15, 0.2) is 14.6 Å². The van der Waals surface area contributed by atoms with Crippen molar-refractivity contribution >= 4 is 14.3 Å². The van der Waals surface area contributed by atoms with Gasteiger partial charge in [0.1, 0.15) is 0 Å². The molecule has 1 saturated carbocycles. The number of carbonyl (C=O) groups is 1. The highest BCUT2D eigenvalue weighted by Gasteiger charge is 2.45. The first kappa shape index (κ1) is 24.8. The van der Waals surface area contributed by atoms with Crippen LogP contribution in [0.5, 0.6) is 0 Å². The smallest absolute Gasteiger partial charge is 0.309 e. The Morgan fingerprint density at radius 1 is 1.21 bits per heavy atom. The second-order valence-electron chi connectivity index (χ2n) is 10.7. The first-order valence-corrected chi connectivity index (χ1v) is 14.4. The summed E-state index contributed by atoms with van der Waals surface area (Å²) in [5.74, 6) is 0.971. The molecule has 0 aromatic rings. The van der Waals surface area contributed by atoms with E-state index in [4.69, 9.17) is 18.6 Å². The van der Waals surface area contributed by atoms with Crippen LogP contribution >= 0.6 is 0 Å². The number of hydrogen-bond donors (Lipinski definition) is 0. The predicted octanol–water partition coefficient (Wildman–Crippen LogP) is 5.53.